The van der Waals surface area contributed by atoms with E-state index in [1.54, 1.807) is 28.3 Å². The number of carbonyl (C=O) groups excluding carboxylic acids is 1. The molecule has 2 unspecified atom stereocenters. The van der Waals surface area contributed by atoms with Gasteiger partial charge in [0.1, 0.15) is 12.7 Å². The van der Waals surface area contributed by atoms with E-state index in [-0.39, 0.29) is 12.3 Å². The molecule has 0 bridgehead atoms. The molecule has 0 spiro atoms. The number of aliphatic hydroxyl groups excluding tert-OH is 1. The Morgan fingerprint density at radius 3 is 1.82 bits per heavy atom. The van der Waals surface area contributed by atoms with Crippen LogP contribution >= 0.6 is 0 Å². The summed E-state index contributed by atoms with van der Waals surface area (Å²) in [6.45, 7) is 20.7. The Labute approximate surface area is 233 Å². The van der Waals surface area contributed by atoms with Crippen molar-refractivity contribution in [1.82, 2.24) is 10.6 Å². The summed E-state index contributed by atoms with van der Waals surface area (Å²) in [5.74, 6) is -0.0727. The molecule has 0 aliphatic carbocycles. The summed E-state index contributed by atoms with van der Waals surface area (Å²) in [6, 6.07) is 0.719. The Bertz CT molecular complexity index is 586. The molecule has 0 saturated carbocycles. The van der Waals surface area contributed by atoms with Crippen LogP contribution in [-0.4, -0.2) is 108 Å². The van der Waals surface area contributed by atoms with E-state index in [1.807, 2.05) is 20.8 Å². The normalized spacial score (nSPS) is 13.6. The van der Waals surface area contributed by atoms with E-state index < -0.39 is 29.7 Å². The van der Waals surface area contributed by atoms with E-state index in [1.165, 1.54) is 0 Å². The molecule has 0 fully saturated rings. The van der Waals surface area contributed by atoms with Gasteiger partial charge in [-0.1, -0.05) is 27.4 Å². The lowest BCUT2D eigenvalue weighted by molar-refractivity contribution is -0.141. The Morgan fingerprint density at radius 1 is 0.947 bits per heavy atom. The summed E-state index contributed by atoms with van der Waals surface area (Å²) in [7, 11) is -0.205. The quantitative estimate of drug-likeness (QED) is 0.0752. The van der Waals surface area contributed by atoms with Crippen molar-refractivity contribution in [2.75, 3.05) is 67.4 Å². The van der Waals surface area contributed by atoms with Crippen LogP contribution in [0.15, 0.2) is 12.2 Å². The van der Waals surface area contributed by atoms with E-state index in [9.17, 15) is 9.90 Å². The maximum Gasteiger partial charge on any atom is 0.518 e. The zero-order valence-electron chi connectivity index (χ0n) is 25.5. The van der Waals surface area contributed by atoms with Crippen molar-refractivity contribution in [2.45, 2.75) is 72.7 Å². The van der Waals surface area contributed by atoms with E-state index in [2.05, 4.69) is 38.0 Å². The molecule has 0 rings (SSSR count). The minimum Gasteiger partial charge on any atom is -0.460 e. The van der Waals surface area contributed by atoms with Crippen LogP contribution in [0.5, 0.6) is 0 Å². The highest BCUT2D eigenvalue weighted by Gasteiger charge is 2.48. The zero-order chi connectivity index (χ0) is 29.6. The topological polar surface area (TPSA) is 126 Å². The van der Waals surface area contributed by atoms with Crippen molar-refractivity contribution < 1.29 is 41.2 Å². The fraction of sp³-hybridized carbons (Fsp3) is 0.880. The van der Waals surface area contributed by atoms with Gasteiger partial charge in [-0.05, 0) is 53.1 Å². The monoisotopic (exact) mass is 584 g/mol. The standard InChI is InChI=1S/C16H33NO6Si.C9H23NO3Si/c1-6-21-24(22-7-2,23-8-3)11-9-10-17-12-15(18)13-20-16(19)14(4)5;1-7-10-9(8(2)3)14(11-4,12-5)13-6/h15,17-18H,4,6-13H2,1-3,5H3;8-10H,7H2,1-6H3. The summed E-state index contributed by atoms with van der Waals surface area (Å²) in [5.41, 5.74) is 0.465. The van der Waals surface area contributed by atoms with Gasteiger partial charge in [0.25, 0.3) is 0 Å². The number of hydrogen-bond acceptors (Lipinski definition) is 11. The number of carbonyl (C=O) groups is 1. The first-order valence-corrected chi connectivity index (χ1v) is 17.2. The Balaban J connectivity index is 0. The molecule has 0 amide bonds. The maximum atomic E-state index is 11.2. The number of ether oxygens (including phenoxy) is 1. The van der Waals surface area contributed by atoms with Crippen molar-refractivity contribution in [3.8, 4) is 0 Å². The third kappa shape index (κ3) is 15.8. The second kappa shape index (κ2) is 23.0. The lowest BCUT2D eigenvalue weighted by Gasteiger charge is -2.35. The SMILES string of the molecule is C=C(C)C(=O)OCC(O)CNCCC[Si](OCC)(OCC)OCC.CCNC(C(C)C)[Si](OC)(OC)OC. The van der Waals surface area contributed by atoms with Crippen LogP contribution in [0.4, 0.5) is 0 Å². The summed E-state index contributed by atoms with van der Waals surface area (Å²) < 4.78 is 38.6. The first kappa shape index (κ1) is 39.4. The van der Waals surface area contributed by atoms with E-state index in [0.717, 1.165) is 19.0 Å². The fourth-order valence-electron chi connectivity index (χ4n) is 3.67. The molecule has 2 atom stereocenters. The molecule has 0 aliphatic heterocycles. The highest BCUT2D eigenvalue weighted by Crippen LogP contribution is 2.19. The summed E-state index contributed by atoms with van der Waals surface area (Å²) in [5, 5.41) is 16.2. The molecule has 0 saturated heterocycles. The molecule has 0 aromatic carbocycles. The average molecular weight is 585 g/mol. The summed E-state index contributed by atoms with van der Waals surface area (Å²) in [6.07, 6.45) is 0.0609. The smallest absolute Gasteiger partial charge is 0.460 e. The average Bonchev–Trinajstić information content (AvgIpc) is 2.88. The highest BCUT2D eigenvalue weighted by atomic mass is 28.4. The Morgan fingerprint density at radius 2 is 1.45 bits per heavy atom. The minimum atomic E-state index is -2.60. The molecular formula is C25H56N2O9Si2. The molecular weight excluding hydrogens is 528 g/mol. The highest BCUT2D eigenvalue weighted by molar-refractivity contribution is 6.62. The first-order valence-electron chi connectivity index (χ1n) is 13.5. The third-order valence-electron chi connectivity index (χ3n) is 5.39. The van der Waals surface area contributed by atoms with Crippen LogP contribution in [0.2, 0.25) is 6.04 Å². The molecule has 0 heterocycles. The molecule has 0 aliphatic rings. The second-order valence-electron chi connectivity index (χ2n) is 8.82. The van der Waals surface area contributed by atoms with Crippen LogP contribution in [0.3, 0.4) is 0 Å². The molecule has 228 valence electrons. The number of aliphatic hydroxyl groups is 1. The number of hydrogen-bond donors (Lipinski definition) is 3. The van der Waals surface area contributed by atoms with Crippen LogP contribution < -0.4 is 10.6 Å². The zero-order valence-corrected chi connectivity index (χ0v) is 27.5. The molecule has 13 heteroatoms. The third-order valence-corrected chi connectivity index (χ3v) is 11.9. The van der Waals surface area contributed by atoms with Crippen molar-refractivity contribution in [3.05, 3.63) is 12.2 Å². The van der Waals surface area contributed by atoms with Crippen LogP contribution in [0.1, 0.15) is 54.9 Å². The van der Waals surface area contributed by atoms with Crippen LogP contribution in [0.25, 0.3) is 0 Å². The van der Waals surface area contributed by atoms with Gasteiger partial charge in [-0.25, -0.2) is 4.79 Å². The predicted octanol–water partition coefficient (Wildman–Crippen LogP) is 2.53. The van der Waals surface area contributed by atoms with Gasteiger partial charge in [0.05, 0.1) is 5.67 Å². The first-order chi connectivity index (χ1) is 18.0. The lowest BCUT2D eigenvalue weighted by atomic mass is 10.2. The summed E-state index contributed by atoms with van der Waals surface area (Å²) >= 11 is 0. The molecule has 0 aromatic heterocycles. The molecule has 3 N–H and O–H groups in total. The van der Waals surface area contributed by atoms with Gasteiger partial charge in [0, 0.05) is 59.3 Å². The molecule has 0 aromatic rings. The Kier molecular flexibility index (Phi) is 23.9. The van der Waals surface area contributed by atoms with Gasteiger partial charge in [0.15, 0.2) is 0 Å². The van der Waals surface area contributed by atoms with Gasteiger partial charge in [0.2, 0.25) is 0 Å². The molecule has 11 nitrogen and oxygen atoms in total. The van der Waals surface area contributed by atoms with Gasteiger partial charge >= 0.3 is 23.6 Å². The van der Waals surface area contributed by atoms with Gasteiger partial charge in [-0.3, -0.25) is 0 Å². The molecule has 0 radical (unpaired) electrons. The second-order valence-corrected chi connectivity index (χ2v) is 14.6. The van der Waals surface area contributed by atoms with E-state index in [4.69, 9.17) is 31.3 Å². The number of esters is 1. The van der Waals surface area contributed by atoms with Gasteiger partial charge < -0.3 is 47.0 Å². The maximum absolute atomic E-state index is 11.2. The van der Waals surface area contributed by atoms with Crippen molar-refractivity contribution in [3.63, 3.8) is 0 Å². The fourth-order valence-corrected chi connectivity index (χ4v) is 8.82. The van der Waals surface area contributed by atoms with Crippen molar-refractivity contribution >= 4 is 23.6 Å². The van der Waals surface area contributed by atoms with Crippen molar-refractivity contribution in [1.29, 1.82) is 0 Å². The summed E-state index contributed by atoms with van der Waals surface area (Å²) in [4.78, 5) is 11.2. The van der Waals surface area contributed by atoms with Gasteiger partial charge in [-0.15, -0.1) is 0 Å². The Hall–Kier alpha value is -0.716. The number of nitrogens with one attached hydrogen (secondary N) is 2. The predicted molar refractivity (Wildman–Crippen MR) is 154 cm³/mol. The van der Waals surface area contributed by atoms with Crippen LogP contribution in [0, 0.1) is 5.92 Å². The van der Waals surface area contributed by atoms with E-state index >= 15 is 0 Å². The number of rotatable bonds is 22. The largest absolute Gasteiger partial charge is 0.518 e. The lowest BCUT2D eigenvalue weighted by Crippen LogP contribution is -2.62. The molecule has 38 heavy (non-hydrogen) atoms. The van der Waals surface area contributed by atoms with E-state index in [0.29, 0.717) is 44.4 Å². The minimum absolute atomic E-state index is 0.0474. The van der Waals surface area contributed by atoms with Crippen molar-refractivity contribution in [2.24, 2.45) is 5.92 Å². The van der Waals surface area contributed by atoms with Crippen LogP contribution in [-0.2, 0) is 36.1 Å². The van der Waals surface area contributed by atoms with Gasteiger partial charge in [-0.2, -0.15) is 0 Å².